The molecule has 2 aliphatic rings. The number of nitrogens with two attached hydrogens (primary N) is 1. The number of hydrogen-bond acceptors (Lipinski definition) is 6. The Kier molecular flexibility index (Phi) is 4.43. The molecular weight excluding hydrogens is 266 g/mol. The Labute approximate surface area is 126 Å². The molecule has 2 N–H and O–H groups in total. The monoisotopic (exact) mass is 291 g/mol. The minimum atomic E-state index is 0.523. The van der Waals surface area contributed by atoms with Crippen LogP contribution in [0.2, 0.25) is 0 Å². The van der Waals surface area contributed by atoms with Gasteiger partial charge in [-0.05, 0) is 32.2 Å². The molecule has 0 amide bonds. The molecule has 0 saturated carbocycles. The van der Waals surface area contributed by atoms with Gasteiger partial charge in [-0.3, -0.25) is 4.90 Å². The Bertz CT molecular complexity index is 481. The Hall–Kier alpha value is -1.56. The molecule has 3 heterocycles. The van der Waals surface area contributed by atoms with Gasteiger partial charge in [-0.1, -0.05) is 6.92 Å². The van der Waals surface area contributed by atoms with Gasteiger partial charge in [-0.2, -0.15) is 4.98 Å². The first-order valence-corrected chi connectivity index (χ1v) is 8.02. The quantitative estimate of drug-likeness (QED) is 0.907. The van der Waals surface area contributed by atoms with E-state index in [0.29, 0.717) is 24.2 Å². The maximum atomic E-state index is 6.24. The van der Waals surface area contributed by atoms with E-state index < -0.39 is 0 Å². The molecule has 0 bridgehead atoms. The van der Waals surface area contributed by atoms with Crippen LogP contribution in [0.15, 0.2) is 6.33 Å². The fraction of sp³-hybridized carbons (Fsp3) is 0.733. The van der Waals surface area contributed by atoms with Crippen LogP contribution in [-0.2, 0) is 0 Å². The molecule has 1 unspecified atom stereocenters. The number of ether oxygens (including phenoxy) is 1. The zero-order valence-corrected chi connectivity index (χ0v) is 12.8. The second-order valence-electron chi connectivity index (χ2n) is 5.90. The highest BCUT2D eigenvalue weighted by molar-refractivity contribution is 5.67. The van der Waals surface area contributed by atoms with Crippen molar-refractivity contribution in [3.05, 3.63) is 6.33 Å². The Morgan fingerprint density at radius 3 is 3.00 bits per heavy atom. The standard InChI is InChI=1S/C15H25N5O/c1-2-9-21-15-13(16)14(17-11-18-15)20-8-4-7-19-6-3-5-12(19)10-20/h11-12H,2-10,16H2,1H3. The first-order chi connectivity index (χ1) is 10.3. The number of fused-ring (bicyclic) bond motifs is 1. The summed E-state index contributed by atoms with van der Waals surface area (Å²) < 4.78 is 5.62. The van der Waals surface area contributed by atoms with Crippen LogP contribution in [0.25, 0.3) is 0 Å². The van der Waals surface area contributed by atoms with Crippen LogP contribution >= 0.6 is 0 Å². The fourth-order valence-corrected chi connectivity index (χ4v) is 3.34. The molecule has 0 aromatic carbocycles. The molecule has 6 nitrogen and oxygen atoms in total. The Morgan fingerprint density at radius 1 is 1.29 bits per heavy atom. The van der Waals surface area contributed by atoms with Crippen molar-refractivity contribution in [3.63, 3.8) is 0 Å². The van der Waals surface area contributed by atoms with E-state index in [-0.39, 0.29) is 0 Å². The van der Waals surface area contributed by atoms with Gasteiger partial charge < -0.3 is 15.4 Å². The van der Waals surface area contributed by atoms with Gasteiger partial charge in [0.05, 0.1) is 6.61 Å². The number of hydrogen-bond donors (Lipinski definition) is 1. The lowest BCUT2D eigenvalue weighted by Crippen LogP contribution is -2.37. The molecule has 2 saturated heterocycles. The second kappa shape index (κ2) is 6.47. The average molecular weight is 291 g/mol. The molecule has 2 aliphatic heterocycles. The molecule has 2 fully saturated rings. The van der Waals surface area contributed by atoms with Gasteiger partial charge in [0.25, 0.3) is 0 Å². The van der Waals surface area contributed by atoms with Crippen molar-refractivity contribution >= 4 is 11.5 Å². The third-order valence-corrected chi connectivity index (χ3v) is 4.37. The number of nitrogen functional groups attached to an aromatic ring is 1. The van der Waals surface area contributed by atoms with Gasteiger partial charge in [0, 0.05) is 25.7 Å². The molecule has 0 spiro atoms. The summed E-state index contributed by atoms with van der Waals surface area (Å²) in [5.41, 5.74) is 6.82. The summed E-state index contributed by atoms with van der Waals surface area (Å²) in [5.74, 6) is 1.36. The third kappa shape index (κ3) is 3.05. The maximum absolute atomic E-state index is 6.24. The van der Waals surface area contributed by atoms with E-state index in [1.54, 1.807) is 6.33 Å². The second-order valence-corrected chi connectivity index (χ2v) is 5.90. The Morgan fingerprint density at radius 2 is 2.14 bits per heavy atom. The van der Waals surface area contributed by atoms with Crippen LogP contribution in [0.3, 0.4) is 0 Å². The molecule has 3 rings (SSSR count). The normalized spacial score (nSPS) is 22.9. The molecule has 6 heteroatoms. The van der Waals surface area contributed by atoms with E-state index >= 15 is 0 Å². The SMILES string of the molecule is CCCOc1ncnc(N2CCCN3CCCC3C2)c1N. The first kappa shape index (κ1) is 14.4. The van der Waals surface area contributed by atoms with Crippen LogP contribution in [0.4, 0.5) is 11.5 Å². The first-order valence-electron chi connectivity index (χ1n) is 8.02. The van der Waals surface area contributed by atoms with Crippen molar-refractivity contribution in [2.24, 2.45) is 0 Å². The number of aromatic nitrogens is 2. The molecule has 0 aliphatic carbocycles. The predicted octanol–water partition coefficient (Wildman–Crippen LogP) is 1.52. The summed E-state index contributed by atoms with van der Waals surface area (Å²) in [7, 11) is 0. The van der Waals surface area contributed by atoms with Crippen molar-refractivity contribution in [1.29, 1.82) is 0 Å². The van der Waals surface area contributed by atoms with Crippen molar-refractivity contribution in [2.75, 3.05) is 43.4 Å². The zero-order chi connectivity index (χ0) is 14.7. The van der Waals surface area contributed by atoms with E-state index in [1.165, 1.54) is 25.9 Å². The smallest absolute Gasteiger partial charge is 0.242 e. The van der Waals surface area contributed by atoms with Crippen LogP contribution in [0.1, 0.15) is 32.6 Å². The van der Waals surface area contributed by atoms with Gasteiger partial charge in [0.15, 0.2) is 5.82 Å². The van der Waals surface area contributed by atoms with Gasteiger partial charge in [-0.15, -0.1) is 0 Å². The lowest BCUT2D eigenvalue weighted by molar-refractivity contribution is 0.273. The lowest BCUT2D eigenvalue weighted by atomic mass is 10.2. The summed E-state index contributed by atoms with van der Waals surface area (Å²) in [6, 6.07) is 0.641. The van der Waals surface area contributed by atoms with E-state index in [9.17, 15) is 0 Å². The molecular formula is C15H25N5O. The molecule has 1 aromatic rings. The fourth-order valence-electron chi connectivity index (χ4n) is 3.34. The summed E-state index contributed by atoms with van der Waals surface area (Å²) in [6.07, 6.45) is 6.25. The zero-order valence-electron chi connectivity index (χ0n) is 12.8. The van der Waals surface area contributed by atoms with Crippen molar-refractivity contribution < 1.29 is 4.74 Å². The van der Waals surface area contributed by atoms with Crippen LogP contribution in [0.5, 0.6) is 5.88 Å². The highest BCUT2D eigenvalue weighted by Crippen LogP contribution is 2.31. The van der Waals surface area contributed by atoms with Crippen molar-refractivity contribution in [2.45, 2.75) is 38.6 Å². The summed E-state index contributed by atoms with van der Waals surface area (Å²) in [4.78, 5) is 13.5. The highest BCUT2D eigenvalue weighted by atomic mass is 16.5. The van der Waals surface area contributed by atoms with E-state index in [0.717, 1.165) is 31.7 Å². The van der Waals surface area contributed by atoms with Gasteiger partial charge in [0.1, 0.15) is 12.0 Å². The minimum absolute atomic E-state index is 0.523. The summed E-state index contributed by atoms with van der Waals surface area (Å²) >= 11 is 0. The highest BCUT2D eigenvalue weighted by Gasteiger charge is 2.30. The minimum Gasteiger partial charge on any atom is -0.476 e. The van der Waals surface area contributed by atoms with Crippen LogP contribution in [-0.4, -0.2) is 53.7 Å². The van der Waals surface area contributed by atoms with Crippen molar-refractivity contribution in [1.82, 2.24) is 14.9 Å². The molecule has 0 radical (unpaired) electrons. The number of nitrogens with zero attached hydrogens (tertiary/aromatic N) is 4. The maximum Gasteiger partial charge on any atom is 0.242 e. The molecule has 116 valence electrons. The van der Waals surface area contributed by atoms with Crippen LogP contribution in [0, 0.1) is 0 Å². The van der Waals surface area contributed by atoms with Crippen molar-refractivity contribution in [3.8, 4) is 5.88 Å². The third-order valence-electron chi connectivity index (χ3n) is 4.37. The van der Waals surface area contributed by atoms with Crippen LogP contribution < -0.4 is 15.4 Å². The van der Waals surface area contributed by atoms with E-state index in [2.05, 4.69) is 26.7 Å². The predicted molar refractivity (Wildman–Crippen MR) is 83.7 cm³/mol. The number of rotatable bonds is 4. The summed E-state index contributed by atoms with van der Waals surface area (Å²) in [6.45, 7) is 7.14. The molecule has 1 aromatic heterocycles. The number of anilines is 2. The molecule has 21 heavy (non-hydrogen) atoms. The van der Waals surface area contributed by atoms with E-state index in [4.69, 9.17) is 10.5 Å². The largest absolute Gasteiger partial charge is 0.476 e. The Balaban J connectivity index is 1.78. The lowest BCUT2D eigenvalue weighted by Gasteiger charge is -2.27. The average Bonchev–Trinajstić information content (AvgIpc) is 2.84. The van der Waals surface area contributed by atoms with Gasteiger partial charge in [-0.25, -0.2) is 4.98 Å². The van der Waals surface area contributed by atoms with Gasteiger partial charge >= 0.3 is 0 Å². The topological polar surface area (TPSA) is 67.5 Å². The van der Waals surface area contributed by atoms with E-state index in [1.807, 2.05) is 0 Å². The van der Waals surface area contributed by atoms with Gasteiger partial charge in [0.2, 0.25) is 5.88 Å². The molecule has 1 atom stereocenters. The summed E-state index contributed by atoms with van der Waals surface area (Å²) in [5, 5.41) is 0.